The molecule has 0 saturated carbocycles. The van der Waals surface area contributed by atoms with E-state index in [2.05, 4.69) is 31.4 Å². The monoisotopic (exact) mass is 294 g/mol. The number of benzene rings is 2. The molecular formula is C19H22N2O. The maximum atomic E-state index is 11.8. The van der Waals surface area contributed by atoms with Gasteiger partial charge in [-0.1, -0.05) is 63.2 Å². The third-order valence-electron chi connectivity index (χ3n) is 3.30. The van der Waals surface area contributed by atoms with Crippen LogP contribution in [0.2, 0.25) is 0 Å². The first-order valence-corrected chi connectivity index (χ1v) is 7.35. The largest absolute Gasteiger partial charge is 0.323 e. The summed E-state index contributed by atoms with van der Waals surface area (Å²) in [5, 5.41) is 5.50. The normalized spacial score (nSPS) is 11.4. The van der Waals surface area contributed by atoms with E-state index in [1.54, 1.807) is 6.20 Å². The van der Waals surface area contributed by atoms with E-state index in [9.17, 15) is 4.79 Å². The lowest BCUT2D eigenvalue weighted by Gasteiger charge is -2.19. The van der Waals surface area contributed by atoms with Crippen molar-refractivity contribution < 1.29 is 4.79 Å². The zero-order chi connectivity index (χ0) is 16.0. The molecule has 0 bridgehead atoms. The number of nitrogens with one attached hydrogen (secondary N) is 2. The lowest BCUT2D eigenvalue weighted by molar-refractivity contribution is 0.255. The fourth-order valence-electron chi connectivity index (χ4n) is 2.00. The Kier molecular flexibility index (Phi) is 4.99. The highest BCUT2D eigenvalue weighted by Crippen LogP contribution is 2.23. The van der Waals surface area contributed by atoms with Gasteiger partial charge in [-0.2, -0.15) is 0 Å². The standard InChI is InChI=1S/C19H22N2O/c1-19(2,3)16-9-11-17(12-10-16)21-18(22)20-14-13-15-7-5-4-6-8-15/h4-14H,1-3H3,(H2,20,21,22)/b14-13+. The first kappa shape index (κ1) is 15.8. The molecule has 0 spiro atoms. The molecule has 2 amide bonds. The van der Waals surface area contributed by atoms with Crippen molar-refractivity contribution in [2.75, 3.05) is 5.32 Å². The maximum absolute atomic E-state index is 11.8. The Morgan fingerprint density at radius 3 is 2.18 bits per heavy atom. The summed E-state index contributed by atoms with van der Waals surface area (Å²) in [6.45, 7) is 6.49. The van der Waals surface area contributed by atoms with Gasteiger partial charge >= 0.3 is 6.03 Å². The van der Waals surface area contributed by atoms with Crippen LogP contribution in [0.25, 0.3) is 6.08 Å². The van der Waals surface area contributed by atoms with Crippen molar-refractivity contribution in [3.63, 3.8) is 0 Å². The molecule has 114 valence electrons. The molecule has 0 aliphatic carbocycles. The highest BCUT2D eigenvalue weighted by atomic mass is 16.2. The van der Waals surface area contributed by atoms with Crippen molar-refractivity contribution in [3.8, 4) is 0 Å². The molecule has 2 aromatic carbocycles. The van der Waals surface area contributed by atoms with Crippen LogP contribution >= 0.6 is 0 Å². The van der Waals surface area contributed by atoms with E-state index in [-0.39, 0.29) is 11.4 Å². The second-order valence-corrected chi connectivity index (χ2v) is 6.17. The van der Waals surface area contributed by atoms with Gasteiger partial charge < -0.3 is 10.6 Å². The number of hydrogen-bond acceptors (Lipinski definition) is 1. The molecule has 3 nitrogen and oxygen atoms in total. The minimum atomic E-state index is -0.254. The minimum Gasteiger partial charge on any atom is -0.314 e. The first-order chi connectivity index (χ1) is 10.4. The fourth-order valence-corrected chi connectivity index (χ4v) is 2.00. The Bertz CT molecular complexity index is 637. The van der Waals surface area contributed by atoms with Gasteiger partial charge in [-0.05, 0) is 34.8 Å². The summed E-state index contributed by atoms with van der Waals surface area (Å²) in [7, 11) is 0. The van der Waals surface area contributed by atoms with Gasteiger partial charge in [-0.15, -0.1) is 0 Å². The summed E-state index contributed by atoms with van der Waals surface area (Å²) in [5.41, 5.74) is 3.16. The number of anilines is 1. The van der Waals surface area contributed by atoms with Crippen LogP contribution in [0.15, 0.2) is 60.8 Å². The predicted molar refractivity (Wildman–Crippen MR) is 92.8 cm³/mol. The number of hydrogen-bond donors (Lipinski definition) is 2. The van der Waals surface area contributed by atoms with E-state index in [1.807, 2.05) is 60.7 Å². The highest BCUT2D eigenvalue weighted by Gasteiger charge is 2.12. The van der Waals surface area contributed by atoms with Gasteiger partial charge in [0.05, 0.1) is 0 Å². The lowest BCUT2D eigenvalue weighted by Crippen LogP contribution is -2.23. The minimum absolute atomic E-state index is 0.110. The average Bonchev–Trinajstić information content (AvgIpc) is 2.48. The summed E-state index contributed by atoms with van der Waals surface area (Å²) in [6.07, 6.45) is 3.48. The molecule has 0 aromatic heterocycles. The Morgan fingerprint density at radius 2 is 1.59 bits per heavy atom. The Labute approximate surface area is 132 Å². The van der Waals surface area contributed by atoms with Crippen LogP contribution in [-0.4, -0.2) is 6.03 Å². The lowest BCUT2D eigenvalue weighted by atomic mass is 9.87. The Morgan fingerprint density at radius 1 is 0.955 bits per heavy atom. The highest BCUT2D eigenvalue weighted by molar-refractivity contribution is 5.90. The number of urea groups is 1. The topological polar surface area (TPSA) is 41.1 Å². The molecule has 0 saturated heterocycles. The van der Waals surface area contributed by atoms with Gasteiger partial charge in [-0.3, -0.25) is 0 Å². The molecule has 0 aliphatic heterocycles. The molecule has 0 unspecified atom stereocenters. The van der Waals surface area contributed by atoms with E-state index in [4.69, 9.17) is 0 Å². The van der Waals surface area contributed by atoms with Crippen LogP contribution in [0.5, 0.6) is 0 Å². The quantitative estimate of drug-likeness (QED) is 0.840. The molecule has 0 atom stereocenters. The van der Waals surface area contributed by atoms with Crippen molar-refractivity contribution >= 4 is 17.8 Å². The summed E-state index contributed by atoms with van der Waals surface area (Å²) in [5.74, 6) is 0. The van der Waals surface area contributed by atoms with Crippen molar-refractivity contribution in [3.05, 3.63) is 71.9 Å². The average molecular weight is 294 g/mol. The third-order valence-corrected chi connectivity index (χ3v) is 3.30. The van der Waals surface area contributed by atoms with E-state index >= 15 is 0 Å². The third kappa shape index (κ3) is 4.77. The SMILES string of the molecule is CC(C)(C)c1ccc(NC(=O)N/C=C/c2ccccc2)cc1. The van der Waals surface area contributed by atoms with E-state index in [0.717, 1.165) is 11.3 Å². The first-order valence-electron chi connectivity index (χ1n) is 7.35. The van der Waals surface area contributed by atoms with Crippen LogP contribution in [0.4, 0.5) is 10.5 Å². The van der Waals surface area contributed by atoms with Gasteiger partial charge in [0.15, 0.2) is 0 Å². The summed E-state index contributed by atoms with van der Waals surface area (Å²) >= 11 is 0. The van der Waals surface area contributed by atoms with Crippen LogP contribution in [0.3, 0.4) is 0 Å². The molecule has 0 aliphatic rings. The molecule has 2 aromatic rings. The summed E-state index contributed by atoms with van der Waals surface area (Å²) < 4.78 is 0. The molecule has 22 heavy (non-hydrogen) atoms. The zero-order valence-corrected chi connectivity index (χ0v) is 13.3. The van der Waals surface area contributed by atoms with E-state index < -0.39 is 0 Å². The van der Waals surface area contributed by atoms with Crippen LogP contribution < -0.4 is 10.6 Å². The van der Waals surface area contributed by atoms with E-state index in [0.29, 0.717) is 0 Å². The van der Waals surface area contributed by atoms with Crippen LogP contribution in [0, 0.1) is 0 Å². The van der Waals surface area contributed by atoms with Crippen LogP contribution in [0.1, 0.15) is 31.9 Å². The van der Waals surface area contributed by atoms with Crippen molar-refractivity contribution in [2.45, 2.75) is 26.2 Å². The molecule has 2 N–H and O–H groups in total. The summed E-state index contributed by atoms with van der Waals surface area (Å²) in [4.78, 5) is 11.8. The molecule has 0 fully saturated rings. The van der Waals surface area contributed by atoms with Gasteiger partial charge in [0.25, 0.3) is 0 Å². The van der Waals surface area contributed by atoms with Gasteiger partial charge in [0.2, 0.25) is 0 Å². The number of carbonyl (C=O) groups is 1. The zero-order valence-electron chi connectivity index (χ0n) is 13.3. The Hall–Kier alpha value is -2.55. The number of rotatable bonds is 3. The molecule has 0 heterocycles. The maximum Gasteiger partial charge on any atom is 0.323 e. The predicted octanol–water partition coefficient (Wildman–Crippen LogP) is 4.78. The van der Waals surface area contributed by atoms with Gasteiger partial charge in [-0.25, -0.2) is 4.79 Å². The van der Waals surface area contributed by atoms with E-state index in [1.165, 1.54) is 5.56 Å². The molecule has 2 rings (SSSR count). The molecule has 3 heteroatoms. The van der Waals surface area contributed by atoms with Gasteiger partial charge in [0.1, 0.15) is 0 Å². The second-order valence-electron chi connectivity index (χ2n) is 6.17. The van der Waals surface area contributed by atoms with Crippen LogP contribution in [-0.2, 0) is 5.41 Å². The second kappa shape index (κ2) is 6.94. The summed E-state index contributed by atoms with van der Waals surface area (Å²) in [6, 6.07) is 17.5. The smallest absolute Gasteiger partial charge is 0.314 e. The van der Waals surface area contributed by atoms with Gasteiger partial charge in [0, 0.05) is 11.9 Å². The van der Waals surface area contributed by atoms with Crippen molar-refractivity contribution in [1.29, 1.82) is 0 Å². The van der Waals surface area contributed by atoms with Crippen molar-refractivity contribution in [2.24, 2.45) is 0 Å². The molecular weight excluding hydrogens is 272 g/mol. The number of carbonyl (C=O) groups excluding carboxylic acids is 1. The molecule has 0 radical (unpaired) electrons. The Balaban J connectivity index is 1.88. The number of amides is 2. The fraction of sp³-hybridized carbons (Fsp3) is 0.211. The van der Waals surface area contributed by atoms with Crippen molar-refractivity contribution in [1.82, 2.24) is 5.32 Å².